The molecule has 1 aliphatic heterocycles. The highest BCUT2D eigenvalue weighted by atomic mass is 16.5. The van der Waals surface area contributed by atoms with Gasteiger partial charge in [-0.15, -0.1) is 0 Å². The van der Waals surface area contributed by atoms with Crippen molar-refractivity contribution < 1.29 is 48.2 Å². The molecule has 0 spiro atoms. The summed E-state index contributed by atoms with van der Waals surface area (Å²) >= 11 is 0. The second kappa shape index (κ2) is 21.9. The molecule has 1 heterocycles. The van der Waals surface area contributed by atoms with Gasteiger partial charge in [-0.2, -0.15) is 0 Å². The molecule has 1 aromatic rings. The molecule has 2 fully saturated rings. The zero-order chi connectivity index (χ0) is 40.7. The quantitative estimate of drug-likeness (QED) is 0.0973. The maximum Gasteiger partial charge on any atom is 0.329 e. The van der Waals surface area contributed by atoms with E-state index in [2.05, 4.69) is 21.3 Å². The molecule has 7 N–H and O–H groups in total. The summed E-state index contributed by atoms with van der Waals surface area (Å²) < 4.78 is 5.53. The van der Waals surface area contributed by atoms with Gasteiger partial charge in [0.2, 0.25) is 35.3 Å². The van der Waals surface area contributed by atoms with Gasteiger partial charge in [-0.1, -0.05) is 81.7 Å². The molecule has 0 radical (unpaired) electrons. The monoisotopic (exact) mass is 770 g/mol. The topological polar surface area (TPSA) is 243 Å². The van der Waals surface area contributed by atoms with E-state index in [9.17, 15) is 43.5 Å². The summed E-state index contributed by atoms with van der Waals surface area (Å²) in [5.74, 6) is -6.66. The van der Waals surface area contributed by atoms with Gasteiger partial charge in [-0.3, -0.25) is 33.6 Å². The Morgan fingerprint density at radius 3 is 2.15 bits per heavy atom. The minimum Gasteiger partial charge on any atom is -0.480 e. The predicted octanol–water partition coefficient (Wildman–Crippen LogP) is 1.11. The molecule has 16 nitrogen and oxygen atoms in total. The third kappa shape index (κ3) is 14.1. The Morgan fingerprint density at radius 2 is 1.55 bits per heavy atom. The summed E-state index contributed by atoms with van der Waals surface area (Å²) in [6.07, 6.45) is 5.39. The molecular weight excluding hydrogens is 712 g/mol. The Kier molecular flexibility index (Phi) is 17.7. The van der Waals surface area contributed by atoms with Crippen LogP contribution < -0.4 is 27.0 Å². The average Bonchev–Trinajstić information content (AvgIpc) is 3.57. The highest BCUT2D eigenvalue weighted by Gasteiger charge is 2.45. The van der Waals surface area contributed by atoms with Crippen LogP contribution in [0, 0.1) is 19.8 Å². The molecule has 5 unspecified atom stereocenters. The number of Topliss-reactive ketones (excluding diaryl/α,β-unsaturated/α-hetero) is 1. The van der Waals surface area contributed by atoms with Crippen LogP contribution in [-0.4, -0.2) is 107 Å². The van der Waals surface area contributed by atoms with Crippen molar-refractivity contribution in [2.45, 2.75) is 135 Å². The molecule has 1 aliphatic carbocycles. The number of ketones is 1. The fraction of sp³-hybridized carbons (Fsp3) is 0.641. The van der Waals surface area contributed by atoms with Crippen LogP contribution in [-0.2, 0) is 49.5 Å². The van der Waals surface area contributed by atoms with E-state index in [0.29, 0.717) is 32.1 Å². The predicted molar refractivity (Wildman–Crippen MR) is 201 cm³/mol. The molecular formula is C39H58N6O10. The lowest BCUT2D eigenvalue weighted by Crippen LogP contribution is -2.58. The van der Waals surface area contributed by atoms with Gasteiger partial charge in [0.05, 0.1) is 25.1 Å². The molecule has 55 heavy (non-hydrogen) atoms. The Bertz CT molecular complexity index is 1540. The van der Waals surface area contributed by atoms with Gasteiger partial charge in [0.15, 0.2) is 0 Å². The van der Waals surface area contributed by atoms with E-state index in [1.54, 1.807) is 6.92 Å². The van der Waals surface area contributed by atoms with Crippen molar-refractivity contribution in [1.82, 2.24) is 26.2 Å². The maximum atomic E-state index is 14.5. The lowest BCUT2D eigenvalue weighted by molar-refractivity contribution is -0.145. The van der Waals surface area contributed by atoms with Crippen LogP contribution in [0.2, 0.25) is 0 Å². The van der Waals surface area contributed by atoms with Gasteiger partial charge in [0.1, 0.15) is 24.7 Å². The van der Waals surface area contributed by atoms with E-state index in [-0.39, 0.29) is 37.6 Å². The van der Waals surface area contributed by atoms with Crippen LogP contribution in [0.5, 0.6) is 0 Å². The number of aliphatic carboxylic acids is 1. The molecule has 5 atom stereocenters. The summed E-state index contributed by atoms with van der Waals surface area (Å²) in [6, 6.07) is 1.40. The minimum atomic E-state index is -1.31. The number of rotatable bonds is 21. The van der Waals surface area contributed by atoms with E-state index in [0.717, 1.165) is 42.4 Å². The molecule has 16 heteroatoms. The number of hydrogen-bond donors (Lipinski definition) is 6. The Labute approximate surface area is 322 Å². The van der Waals surface area contributed by atoms with Crippen molar-refractivity contribution in [3.63, 3.8) is 0 Å². The third-order valence-corrected chi connectivity index (χ3v) is 10.0. The lowest BCUT2D eigenvalue weighted by Gasteiger charge is -2.35. The van der Waals surface area contributed by atoms with Gasteiger partial charge < -0.3 is 41.7 Å². The largest absolute Gasteiger partial charge is 0.480 e. The van der Waals surface area contributed by atoms with Crippen LogP contribution in [0.15, 0.2) is 18.2 Å². The zero-order valence-electron chi connectivity index (χ0n) is 32.4. The molecule has 1 saturated carbocycles. The number of carbonyl (C=O) groups excluding carboxylic acids is 7. The number of ether oxygens (including phenoxy) is 1. The molecule has 0 bridgehead atoms. The first-order chi connectivity index (χ1) is 26.1. The first-order valence-corrected chi connectivity index (χ1v) is 19.3. The Hall–Kier alpha value is -4.86. The number of primary amides is 1. The van der Waals surface area contributed by atoms with Gasteiger partial charge >= 0.3 is 5.97 Å². The van der Waals surface area contributed by atoms with Crippen LogP contribution in [0.3, 0.4) is 0 Å². The number of hydrogen-bond acceptors (Lipinski definition) is 9. The van der Waals surface area contributed by atoms with Gasteiger partial charge in [-0.25, -0.2) is 4.79 Å². The normalized spacial score (nSPS) is 18.7. The fourth-order valence-electron chi connectivity index (χ4n) is 7.38. The van der Waals surface area contributed by atoms with Crippen LogP contribution in [0.1, 0.15) is 101 Å². The highest BCUT2D eigenvalue weighted by molar-refractivity contribution is 6.38. The number of amides is 6. The SMILES string of the molecule is CCCCC(NC(=O)CNC(=O)C(=O)C(CCC)NC(=O)C1CC(OCC(=O)O)CN1C(=O)C(NC(=O)Cc1cc(C)cc(C)c1)C1CCCCC1)C(N)=O. The number of nitrogens with zero attached hydrogens (tertiary/aromatic N) is 1. The van der Waals surface area contributed by atoms with Crippen LogP contribution >= 0.6 is 0 Å². The van der Waals surface area contributed by atoms with Crippen molar-refractivity contribution in [2.75, 3.05) is 19.7 Å². The number of carboxylic acid groups (broad SMARTS) is 1. The van der Waals surface area contributed by atoms with E-state index >= 15 is 0 Å². The Balaban J connectivity index is 1.79. The standard InChI is InChI=1S/C39H58N6O10/c1-5-7-14-29(36(40)51)42-32(47)20-41-38(53)35(50)28(11-6-2)43-37(52)30-19-27(55-22-33(48)49)21-45(30)39(54)34(26-12-9-8-10-13-26)44-31(46)18-25-16-23(3)15-24(4)17-25/h15-17,26-30,34H,5-14,18-22H2,1-4H3,(H2,40,51)(H,41,53)(H,42,47)(H,43,52)(H,44,46)(H,48,49). The molecule has 1 aromatic carbocycles. The van der Waals surface area contributed by atoms with Gasteiger partial charge in [0.25, 0.3) is 5.91 Å². The van der Waals surface area contributed by atoms with E-state index in [1.807, 2.05) is 39.0 Å². The lowest BCUT2D eigenvalue weighted by atomic mass is 9.83. The number of carbonyl (C=O) groups is 8. The average molecular weight is 771 g/mol. The molecule has 0 aromatic heterocycles. The highest BCUT2D eigenvalue weighted by Crippen LogP contribution is 2.30. The number of unbranched alkanes of at least 4 members (excludes halogenated alkanes) is 1. The molecule has 1 saturated heterocycles. The summed E-state index contributed by atoms with van der Waals surface area (Å²) in [5.41, 5.74) is 8.16. The number of nitrogens with two attached hydrogens (primary N) is 1. The third-order valence-electron chi connectivity index (χ3n) is 10.0. The van der Waals surface area contributed by atoms with E-state index in [4.69, 9.17) is 10.5 Å². The fourth-order valence-corrected chi connectivity index (χ4v) is 7.38. The van der Waals surface area contributed by atoms with Crippen molar-refractivity contribution in [2.24, 2.45) is 11.7 Å². The van der Waals surface area contributed by atoms with E-state index in [1.165, 1.54) is 4.90 Å². The van der Waals surface area contributed by atoms with Crippen molar-refractivity contribution in [1.29, 1.82) is 0 Å². The number of aryl methyl sites for hydroxylation is 2. The number of nitrogens with one attached hydrogen (secondary N) is 4. The van der Waals surface area contributed by atoms with Crippen LogP contribution in [0.4, 0.5) is 0 Å². The summed E-state index contributed by atoms with van der Waals surface area (Å²) in [6.45, 7) is 6.12. The van der Waals surface area contributed by atoms with Gasteiger partial charge in [-0.05, 0) is 51.0 Å². The summed E-state index contributed by atoms with van der Waals surface area (Å²) in [5, 5.41) is 19.5. The van der Waals surface area contributed by atoms with Crippen molar-refractivity contribution in [3.8, 4) is 0 Å². The molecule has 6 amide bonds. The summed E-state index contributed by atoms with van der Waals surface area (Å²) in [4.78, 5) is 105. The number of benzene rings is 1. The first kappa shape index (κ1) is 44.5. The van der Waals surface area contributed by atoms with Gasteiger partial charge in [0, 0.05) is 13.0 Å². The molecule has 3 rings (SSSR count). The smallest absolute Gasteiger partial charge is 0.329 e. The number of carboxylic acids is 1. The number of likely N-dealkylation sites (tertiary alicyclic amines) is 1. The van der Waals surface area contributed by atoms with E-state index < -0.39 is 84.7 Å². The minimum absolute atomic E-state index is 0.0440. The maximum absolute atomic E-state index is 14.5. The second-order valence-corrected chi connectivity index (χ2v) is 14.7. The first-order valence-electron chi connectivity index (χ1n) is 19.3. The summed E-state index contributed by atoms with van der Waals surface area (Å²) in [7, 11) is 0. The molecule has 304 valence electrons. The van der Waals surface area contributed by atoms with Crippen LogP contribution in [0.25, 0.3) is 0 Å². The van der Waals surface area contributed by atoms with Crippen molar-refractivity contribution in [3.05, 3.63) is 34.9 Å². The molecule has 2 aliphatic rings. The van der Waals surface area contributed by atoms with Crippen molar-refractivity contribution >= 4 is 47.2 Å². The second-order valence-electron chi connectivity index (χ2n) is 14.7. The Morgan fingerprint density at radius 1 is 0.873 bits per heavy atom. The zero-order valence-corrected chi connectivity index (χ0v) is 32.4.